The first-order valence-electron chi connectivity index (χ1n) is 8.52. The van der Waals surface area contributed by atoms with E-state index in [4.69, 9.17) is 10.5 Å². The third-order valence-electron chi connectivity index (χ3n) is 4.42. The van der Waals surface area contributed by atoms with E-state index < -0.39 is 0 Å². The Labute approximate surface area is 155 Å². The quantitative estimate of drug-likeness (QED) is 0.720. The van der Waals surface area contributed by atoms with Gasteiger partial charge in [0.05, 0.1) is 11.5 Å². The lowest BCUT2D eigenvalue weighted by molar-refractivity contribution is -0.116. The summed E-state index contributed by atoms with van der Waals surface area (Å²) in [7, 11) is 0. The van der Waals surface area contributed by atoms with Crippen LogP contribution in [0.4, 0.5) is 10.9 Å². The number of nitrogens with zero attached hydrogens (tertiary/aromatic N) is 1. The highest BCUT2D eigenvalue weighted by atomic mass is 32.1. The summed E-state index contributed by atoms with van der Waals surface area (Å²) in [6.45, 7) is 0.581. The first kappa shape index (κ1) is 16.6. The first-order chi connectivity index (χ1) is 12.7. The minimum atomic E-state index is -0.0820. The summed E-state index contributed by atoms with van der Waals surface area (Å²) in [5.41, 5.74) is 8.09. The number of aromatic nitrogens is 1. The largest absolute Gasteiger partial charge is 0.493 e. The zero-order valence-corrected chi connectivity index (χ0v) is 15.0. The molecule has 132 valence electrons. The Bertz CT molecular complexity index is 924. The lowest BCUT2D eigenvalue weighted by Gasteiger charge is -2.23. The Balaban J connectivity index is 1.57. The number of carbonyl (C=O) groups is 1. The molecule has 0 aliphatic carbocycles. The van der Waals surface area contributed by atoms with E-state index in [2.05, 4.69) is 22.4 Å². The van der Waals surface area contributed by atoms with Gasteiger partial charge in [0, 0.05) is 24.3 Å². The van der Waals surface area contributed by atoms with Crippen LogP contribution in [0.3, 0.4) is 0 Å². The van der Waals surface area contributed by atoms with Crippen molar-refractivity contribution in [2.24, 2.45) is 0 Å². The van der Waals surface area contributed by atoms with Gasteiger partial charge in [-0.2, -0.15) is 0 Å². The Kier molecular flexibility index (Phi) is 4.58. The number of thiazole rings is 1. The number of nitrogens with two attached hydrogens (primary N) is 1. The van der Waals surface area contributed by atoms with Crippen LogP contribution >= 0.6 is 11.3 Å². The number of carbonyl (C=O) groups excluding carboxylic acids is 1. The topological polar surface area (TPSA) is 77.2 Å². The molecule has 0 unspecified atom stereocenters. The van der Waals surface area contributed by atoms with Gasteiger partial charge in [-0.25, -0.2) is 4.98 Å². The van der Waals surface area contributed by atoms with Crippen molar-refractivity contribution < 1.29 is 9.53 Å². The molecule has 6 heteroatoms. The molecular weight excluding hydrogens is 346 g/mol. The molecule has 1 atom stereocenters. The molecular formula is C20H19N3O2S. The Morgan fingerprint density at radius 2 is 1.92 bits per heavy atom. The zero-order chi connectivity index (χ0) is 17.9. The van der Waals surface area contributed by atoms with Crippen molar-refractivity contribution >= 4 is 28.2 Å². The van der Waals surface area contributed by atoms with Gasteiger partial charge in [-0.05, 0) is 11.6 Å². The van der Waals surface area contributed by atoms with Crippen LogP contribution in [-0.4, -0.2) is 17.5 Å². The molecule has 1 aromatic heterocycles. The highest BCUT2D eigenvalue weighted by Gasteiger charge is 2.31. The molecule has 0 saturated carbocycles. The molecule has 0 radical (unpaired) electrons. The van der Waals surface area contributed by atoms with Crippen molar-refractivity contribution in [2.75, 3.05) is 17.7 Å². The van der Waals surface area contributed by atoms with Gasteiger partial charge < -0.3 is 15.8 Å². The Morgan fingerprint density at radius 3 is 2.77 bits per heavy atom. The maximum atomic E-state index is 12.1. The maximum absolute atomic E-state index is 12.1. The minimum Gasteiger partial charge on any atom is -0.493 e. The Hall–Kier alpha value is -2.86. The van der Waals surface area contributed by atoms with Gasteiger partial charge in [-0.3, -0.25) is 4.79 Å². The molecule has 0 bridgehead atoms. The van der Waals surface area contributed by atoms with Gasteiger partial charge in [0.2, 0.25) is 5.91 Å². The molecule has 0 spiro atoms. The number of nitrogen functional groups attached to an aromatic ring is 1. The number of nitrogens with one attached hydrogen (secondary N) is 1. The van der Waals surface area contributed by atoms with Crippen molar-refractivity contribution in [1.29, 1.82) is 0 Å². The predicted molar refractivity (Wildman–Crippen MR) is 104 cm³/mol. The normalized spacial score (nSPS) is 16.0. The van der Waals surface area contributed by atoms with E-state index in [0.717, 1.165) is 22.6 Å². The second kappa shape index (κ2) is 7.17. The molecule has 4 rings (SSSR count). The summed E-state index contributed by atoms with van der Waals surface area (Å²) < 4.78 is 6.07. The van der Waals surface area contributed by atoms with E-state index >= 15 is 0 Å². The third kappa shape index (κ3) is 3.41. The molecule has 3 aromatic rings. The molecule has 3 N–H and O–H groups in total. The van der Waals surface area contributed by atoms with Crippen molar-refractivity contribution in [3.8, 4) is 5.75 Å². The van der Waals surface area contributed by atoms with E-state index in [1.807, 2.05) is 42.5 Å². The van der Waals surface area contributed by atoms with Crippen molar-refractivity contribution in [1.82, 2.24) is 4.98 Å². The van der Waals surface area contributed by atoms with E-state index in [1.54, 1.807) is 0 Å². The number of amides is 1. The lowest BCUT2D eigenvalue weighted by atomic mass is 9.91. The molecule has 2 heterocycles. The van der Waals surface area contributed by atoms with Crippen molar-refractivity contribution in [2.45, 2.75) is 18.8 Å². The number of para-hydroxylation sites is 1. The Morgan fingerprint density at radius 1 is 1.15 bits per heavy atom. The number of benzene rings is 2. The van der Waals surface area contributed by atoms with Gasteiger partial charge in [0.1, 0.15) is 11.6 Å². The van der Waals surface area contributed by atoms with Gasteiger partial charge >= 0.3 is 0 Å². The van der Waals surface area contributed by atoms with Crippen molar-refractivity contribution in [3.05, 3.63) is 70.6 Å². The fourth-order valence-corrected chi connectivity index (χ4v) is 4.12. The molecule has 0 saturated heterocycles. The van der Waals surface area contributed by atoms with E-state index in [9.17, 15) is 4.79 Å². The summed E-state index contributed by atoms with van der Waals surface area (Å²) >= 11 is 1.42. The zero-order valence-electron chi connectivity index (χ0n) is 14.1. The number of rotatable bonds is 5. The molecule has 5 nitrogen and oxygen atoms in total. The molecule has 1 aliphatic heterocycles. The summed E-state index contributed by atoms with van der Waals surface area (Å²) in [5, 5.41) is 3.27. The highest BCUT2D eigenvalue weighted by Crippen LogP contribution is 2.44. The van der Waals surface area contributed by atoms with Gasteiger partial charge in [0.25, 0.3) is 0 Å². The van der Waals surface area contributed by atoms with E-state index in [0.29, 0.717) is 24.0 Å². The maximum Gasteiger partial charge on any atom is 0.226 e. The van der Waals surface area contributed by atoms with Crippen LogP contribution in [-0.2, 0) is 11.2 Å². The number of hydrogen-bond donors (Lipinski definition) is 2. The summed E-state index contributed by atoms with van der Waals surface area (Å²) in [6, 6.07) is 18.1. The smallest absolute Gasteiger partial charge is 0.226 e. The summed E-state index contributed by atoms with van der Waals surface area (Å²) in [4.78, 5) is 17.3. The van der Waals surface area contributed by atoms with Crippen LogP contribution in [0, 0.1) is 0 Å². The SMILES string of the molecule is Nc1nc2c(s1)[C@@H](c1ccccc1OCCc1ccccc1)CC(=O)N2. The summed E-state index contributed by atoms with van der Waals surface area (Å²) in [6.07, 6.45) is 1.20. The van der Waals surface area contributed by atoms with Crippen LogP contribution in [0.5, 0.6) is 5.75 Å². The van der Waals surface area contributed by atoms with Crippen LogP contribution in [0.1, 0.15) is 28.3 Å². The molecule has 1 aliphatic rings. The average molecular weight is 365 g/mol. The van der Waals surface area contributed by atoms with Gasteiger partial charge in [-0.15, -0.1) is 0 Å². The van der Waals surface area contributed by atoms with Crippen LogP contribution < -0.4 is 15.8 Å². The number of anilines is 2. The van der Waals surface area contributed by atoms with E-state index in [1.165, 1.54) is 16.9 Å². The lowest BCUT2D eigenvalue weighted by Crippen LogP contribution is -2.23. The average Bonchev–Trinajstić information content (AvgIpc) is 3.02. The monoisotopic (exact) mass is 365 g/mol. The standard InChI is InChI=1S/C20H19N3O2S/c21-20-23-19-18(26-20)15(12-17(24)22-19)14-8-4-5-9-16(14)25-11-10-13-6-2-1-3-7-13/h1-9,15H,10-12H2,(H2,21,23)(H,22,24)/t15-/m1/s1. The number of hydrogen-bond acceptors (Lipinski definition) is 5. The van der Waals surface area contributed by atoms with Crippen LogP contribution in [0.2, 0.25) is 0 Å². The van der Waals surface area contributed by atoms with Crippen LogP contribution in [0.15, 0.2) is 54.6 Å². The second-order valence-electron chi connectivity index (χ2n) is 6.19. The fourth-order valence-electron chi connectivity index (χ4n) is 3.21. The highest BCUT2D eigenvalue weighted by molar-refractivity contribution is 7.16. The molecule has 0 fully saturated rings. The van der Waals surface area contributed by atoms with Crippen molar-refractivity contribution in [3.63, 3.8) is 0 Å². The van der Waals surface area contributed by atoms with Crippen LogP contribution in [0.25, 0.3) is 0 Å². The molecule has 26 heavy (non-hydrogen) atoms. The van der Waals surface area contributed by atoms with Gasteiger partial charge in [0.15, 0.2) is 5.13 Å². The van der Waals surface area contributed by atoms with E-state index in [-0.39, 0.29) is 11.8 Å². The fraction of sp³-hybridized carbons (Fsp3) is 0.200. The molecule has 2 aromatic carbocycles. The van der Waals surface area contributed by atoms with Gasteiger partial charge in [-0.1, -0.05) is 59.9 Å². The minimum absolute atomic E-state index is 0.0492. The summed E-state index contributed by atoms with van der Waals surface area (Å²) in [5.74, 6) is 1.25. The third-order valence-corrected chi connectivity index (χ3v) is 5.42. The number of fused-ring (bicyclic) bond motifs is 1. The second-order valence-corrected chi connectivity index (χ2v) is 7.25. The number of ether oxygens (including phenoxy) is 1. The molecule has 1 amide bonds. The first-order valence-corrected chi connectivity index (χ1v) is 9.34. The predicted octanol–water partition coefficient (Wildman–Crippen LogP) is 3.82.